The van der Waals surface area contributed by atoms with Crippen molar-refractivity contribution in [3.05, 3.63) is 0 Å². The number of hydrogen-bond donors (Lipinski definition) is 1. The highest BCUT2D eigenvalue weighted by atomic mass is 35.5. The zero-order chi connectivity index (χ0) is 8.04. The Labute approximate surface area is 69.1 Å². The van der Waals surface area contributed by atoms with Crippen LogP contribution in [0.2, 0.25) is 0 Å². The molecule has 0 radical (unpaired) electrons. The normalized spacial score (nSPS) is 12.0. The number of hydrogen-bond acceptors (Lipinski definition) is 1. The van der Waals surface area contributed by atoms with Crippen LogP contribution in [0.3, 0.4) is 0 Å². The van der Waals surface area contributed by atoms with Crippen LogP contribution in [0.25, 0.3) is 0 Å². The van der Waals surface area contributed by atoms with Crippen LogP contribution in [0.4, 0.5) is 0 Å². The first-order chi connectivity index (χ1) is 4.62. The van der Waals surface area contributed by atoms with Crippen LogP contribution >= 0.6 is 11.6 Å². The molecule has 0 aliphatic heterocycles. The maximum Gasteiger partial charge on any atom is 0.0713 e. The average Bonchev–Trinajstić information content (AvgIpc) is 1.84. The molecule has 0 rings (SSSR count). The van der Waals surface area contributed by atoms with Gasteiger partial charge in [-0.1, -0.05) is 27.2 Å². The summed E-state index contributed by atoms with van der Waals surface area (Å²) in [6.45, 7) is 7.75. The Morgan fingerprint density at radius 3 is 2.40 bits per heavy atom. The smallest absolute Gasteiger partial charge is 0.0713 e. The van der Waals surface area contributed by atoms with E-state index in [1.165, 1.54) is 12.8 Å². The number of rotatable bonds is 5. The molecule has 0 saturated heterocycles. The van der Waals surface area contributed by atoms with E-state index in [-0.39, 0.29) is 0 Å². The van der Waals surface area contributed by atoms with E-state index in [2.05, 4.69) is 26.1 Å². The van der Waals surface area contributed by atoms with Gasteiger partial charge in [-0.05, 0) is 11.8 Å². The first kappa shape index (κ1) is 10.2. The molecule has 0 bridgehead atoms. The van der Waals surface area contributed by atoms with Crippen LogP contribution in [0.1, 0.15) is 33.6 Å². The lowest BCUT2D eigenvalue weighted by atomic mass is 9.88. The van der Waals surface area contributed by atoms with E-state index in [4.69, 9.17) is 11.6 Å². The summed E-state index contributed by atoms with van der Waals surface area (Å²) in [5, 5.41) is 3.14. The molecule has 10 heavy (non-hydrogen) atoms. The molecule has 0 unspecified atom stereocenters. The van der Waals surface area contributed by atoms with Crippen molar-refractivity contribution in [3.8, 4) is 0 Å². The molecule has 0 aromatic rings. The molecular weight excluding hydrogens is 146 g/mol. The van der Waals surface area contributed by atoms with Crippen LogP contribution < -0.4 is 5.32 Å². The van der Waals surface area contributed by atoms with Gasteiger partial charge < -0.3 is 5.32 Å². The first-order valence-electron chi connectivity index (χ1n) is 3.89. The van der Waals surface area contributed by atoms with Crippen molar-refractivity contribution < 1.29 is 0 Å². The second kappa shape index (κ2) is 4.97. The summed E-state index contributed by atoms with van der Waals surface area (Å²) >= 11 is 5.50. The van der Waals surface area contributed by atoms with Crippen molar-refractivity contribution in [2.24, 2.45) is 5.41 Å². The predicted octanol–water partition coefficient (Wildman–Crippen LogP) is 2.60. The fourth-order valence-corrected chi connectivity index (χ4v) is 1.25. The Hall–Kier alpha value is 0.250. The van der Waals surface area contributed by atoms with Crippen molar-refractivity contribution in [1.29, 1.82) is 0 Å². The fourth-order valence-electron chi connectivity index (χ4n) is 1.15. The molecule has 1 N–H and O–H groups in total. The van der Waals surface area contributed by atoms with Gasteiger partial charge in [-0.25, -0.2) is 0 Å². The molecule has 0 aliphatic rings. The van der Waals surface area contributed by atoms with Gasteiger partial charge in [0.15, 0.2) is 0 Å². The van der Waals surface area contributed by atoms with Gasteiger partial charge in [-0.2, -0.15) is 0 Å². The molecule has 0 amide bonds. The minimum atomic E-state index is 0.406. The summed E-state index contributed by atoms with van der Waals surface area (Å²) in [5.74, 6) is 0. The van der Waals surface area contributed by atoms with Crippen molar-refractivity contribution in [2.75, 3.05) is 12.5 Å². The van der Waals surface area contributed by atoms with E-state index in [1.54, 1.807) is 0 Å². The molecule has 0 spiro atoms. The molecule has 1 nitrogen and oxygen atoms in total. The number of alkyl halides is 1. The zero-order valence-corrected chi connectivity index (χ0v) is 7.96. The van der Waals surface area contributed by atoms with Gasteiger partial charge in [0.05, 0.1) is 6.00 Å². The third kappa shape index (κ3) is 5.07. The summed E-state index contributed by atoms with van der Waals surface area (Å²) in [6.07, 6.45) is 2.51. The topological polar surface area (TPSA) is 12.0 Å². The molecule has 0 aromatic carbocycles. The molecule has 0 heterocycles. The quantitative estimate of drug-likeness (QED) is 0.486. The van der Waals surface area contributed by atoms with Crippen LogP contribution in [-0.4, -0.2) is 12.5 Å². The van der Waals surface area contributed by atoms with Gasteiger partial charge in [0.25, 0.3) is 0 Å². The maximum atomic E-state index is 5.50. The second-order valence-electron chi connectivity index (χ2n) is 3.47. The largest absolute Gasteiger partial charge is 0.303 e. The summed E-state index contributed by atoms with van der Waals surface area (Å²) in [7, 11) is 0. The Balaban J connectivity index is 3.42. The highest BCUT2D eigenvalue weighted by Gasteiger charge is 2.14. The summed E-state index contributed by atoms with van der Waals surface area (Å²) < 4.78 is 0. The highest BCUT2D eigenvalue weighted by Crippen LogP contribution is 2.20. The second-order valence-corrected chi connectivity index (χ2v) is 3.74. The van der Waals surface area contributed by atoms with Gasteiger partial charge in [-0.3, -0.25) is 0 Å². The van der Waals surface area contributed by atoms with Crippen LogP contribution in [0.15, 0.2) is 0 Å². The molecule has 0 atom stereocenters. The van der Waals surface area contributed by atoms with Crippen LogP contribution in [0, 0.1) is 5.41 Å². The van der Waals surface area contributed by atoms with Crippen LogP contribution in [0.5, 0.6) is 0 Å². The van der Waals surface area contributed by atoms with E-state index in [0.717, 1.165) is 6.54 Å². The Morgan fingerprint density at radius 1 is 1.40 bits per heavy atom. The minimum Gasteiger partial charge on any atom is -0.303 e. The lowest BCUT2D eigenvalue weighted by molar-refractivity contribution is 0.318. The zero-order valence-electron chi connectivity index (χ0n) is 7.21. The van der Waals surface area contributed by atoms with Gasteiger partial charge in [0, 0.05) is 6.54 Å². The maximum absolute atomic E-state index is 5.50. The number of nitrogens with one attached hydrogen (secondary N) is 1. The fraction of sp³-hybridized carbons (Fsp3) is 1.00. The van der Waals surface area contributed by atoms with E-state index >= 15 is 0 Å². The van der Waals surface area contributed by atoms with Gasteiger partial charge in [-0.15, -0.1) is 11.6 Å². The van der Waals surface area contributed by atoms with E-state index in [0.29, 0.717) is 11.4 Å². The Bertz CT molecular complexity index is 81.3. The standard InChI is InChI=1S/C8H18ClN/c1-4-5-8(2,3)6-10-7-9/h10H,4-7H2,1-3H3. The Kier molecular flexibility index (Phi) is 5.10. The van der Waals surface area contributed by atoms with Crippen molar-refractivity contribution in [2.45, 2.75) is 33.6 Å². The Morgan fingerprint density at radius 2 is 2.00 bits per heavy atom. The summed E-state index contributed by atoms with van der Waals surface area (Å²) in [6, 6.07) is 0.563. The molecule has 2 heteroatoms. The minimum absolute atomic E-state index is 0.406. The van der Waals surface area contributed by atoms with Gasteiger partial charge in [0.1, 0.15) is 0 Å². The lowest BCUT2D eigenvalue weighted by Gasteiger charge is -2.23. The summed E-state index contributed by atoms with van der Waals surface area (Å²) in [5.41, 5.74) is 0.406. The SMILES string of the molecule is CCCC(C)(C)CNCCl. The number of halogens is 1. The molecular formula is C8H18ClN. The summed E-state index contributed by atoms with van der Waals surface area (Å²) in [4.78, 5) is 0. The third-order valence-electron chi connectivity index (χ3n) is 1.62. The highest BCUT2D eigenvalue weighted by molar-refractivity contribution is 6.17. The predicted molar refractivity (Wildman–Crippen MR) is 47.4 cm³/mol. The molecule has 0 saturated carbocycles. The average molecular weight is 164 g/mol. The molecule has 62 valence electrons. The lowest BCUT2D eigenvalue weighted by Crippen LogP contribution is -2.28. The van der Waals surface area contributed by atoms with Gasteiger partial charge in [0.2, 0.25) is 0 Å². The van der Waals surface area contributed by atoms with Crippen LogP contribution in [-0.2, 0) is 0 Å². The van der Waals surface area contributed by atoms with E-state index < -0.39 is 0 Å². The van der Waals surface area contributed by atoms with Gasteiger partial charge >= 0.3 is 0 Å². The first-order valence-corrected chi connectivity index (χ1v) is 4.42. The van der Waals surface area contributed by atoms with Crippen molar-refractivity contribution >= 4 is 11.6 Å². The molecule has 0 aliphatic carbocycles. The molecule has 0 aromatic heterocycles. The van der Waals surface area contributed by atoms with Crippen molar-refractivity contribution in [3.63, 3.8) is 0 Å². The third-order valence-corrected chi connectivity index (χ3v) is 1.81. The van der Waals surface area contributed by atoms with E-state index in [1.807, 2.05) is 0 Å². The van der Waals surface area contributed by atoms with E-state index in [9.17, 15) is 0 Å². The molecule has 0 fully saturated rings. The van der Waals surface area contributed by atoms with Crippen molar-refractivity contribution in [1.82, 2.24) is 5.32 Å². The monoisotopic (exact) mass is 163 g/mol.